The molecule has 0 saturated carbocycles. The Labute approximate surface area is 145 Å². The summed E-state index contributed by atoms with van der Waals surface area (Å²) < 4.78 is 29.6. The lowest BCUT2D eigenvalue weighted by atomic mass is 10.0. The highest BCUT2D eigenvalue weighted by molar-refractivity contribution is 5.56. The summed E-state index contributed by atoms with van der Waals surface area (Å²) in [6.07, 6.45) is -1.39. The number of aliphatic hydroxyl groups excluding tert-OH is 1. The van der Waals surface area contributed by atoms with E-state index in [2.05, 4.69) is 9.97 Å². The van der Waals surface area contributed by atoms with E-state index in [0.717, 1.165) is 6.07 Å². The number of ether oxygens (including phenoxy) is 3. The summed E-state index contributed by atoms with van der Waals surface area (Å²) in [5.41, 5.74) is 6.91. The first-order chi connectivity index (χ1) is 11.8. The van der Waals surface area contributed by atoms with Crippen molar-refractivity contribution in [3.63, 3.8) is 0 Å². The number of anilines is 1. The lowest BCUT2D eigenvalue weighted by molar-refractivity contribution is 0.0658. The van der Waals surface area contributed by atoms with E-state index in [1.807, 2.05) is 13.8 Å². The molecule has 8 heteroatoms. The molecule has 2 rings (SSSR count). The number of hydrogen-bond acceptors (Lipinski definition) is 7. The molecular weight excluding hydrogens is 329 g/mol. The smallest absolute Gasteiger partial charge is 0.220 e. The fourth-order valence-corrected chi connectivity index (χ4v) is 2.19. The molecule has 2 aromatic rings. The number of nitrogens with two attached hydrogens (primary N) is 1. The van der Waals surface area contributed by atoms with Gasteiger partial charge in [0.05, 0.1) is 33.0 Å². The normalized spacial score (nSPS) is 12.3. The molecule has 7 nitrogen and oxygen atoms in total. The Morgan fingerprint density at radius 2 is 1.72 bits per heavy atom. The molecule has 1 aromatic carbocycles. The van der Waals surface area contributed by atoms with Crippen LogP contribution in [0.25, 0.3) is 0 Å². The molecule has 136 valence electrons. The van der Waals surface area contributed by atoms with Crippen LogP contribution in [0.5, 0.6) is 11.8 Å². The van der Waals surface area contributed by atoms with Gasteiger partial charge in [-0.2, -0.15) is 9.97 Å². The monoisotopic (exact) mass is 351 g/mol. The second-order valence-electron chi connectivity index (χ2n) is 5.64. The van der Waals surface area contributed by atoms with Crippen molar-refractivity contribution in [3.05, 3.63) is 41.0 Å². The van der Waals surface area contributed by atoms with Gasteiger partial charge in [-0.3, -0.25) is 0 Å². The first-order valence-corrected chi connectivity index (χ1v) is 7.70. The van der Waals surface area contributed by atoms with Gasteiger partial charge >= 0.3 is 0 Å². The lowest BCUT2D eigenvalue weighted by Gasteiger charge is -2.17. The van der Waals surface area contributed by atoms with Crippen molar-refractivity contribution in [2.45, 2.75) is 32.7 Å². The number of aliphatic hydroxyl groups is 1. The molecule has 1 heterocycles. The van der Waals surface area contributed by atoms with Gasteiger partial charge in [0.25, 0.3) is 0 Å². The van der Waals surface area contributed by atoms with E-state index < -0.39 is 11.9 Å². The molecule has 0 radical (unpaired) electrons. The van der Waals surface area contributed by atoms with Crippen LogP contribution in [0, 0.1) is 5.82 Å². The second kappa shape index (κ2) is 8.09. The highest BCUT2D eigenvalue weighted by Crippen LogP contribution is 2.31. The maximum atomic E-state index is 14.0. The van der Waals surface area contributed by atoms with Crippen LogP contribution in [0.1, 0.15) is 36.9 Å². The molecule has 0 fully saturated rings. The minimum Gasteiger partial charge on any atom is -0.481 e. The first-order valence-electron chi connectivity index (χ1n) is 7.70. The van der Waals surface area contributed by atoms with E-state index in [-0.39, 0.29) is 41.5 Å². The van der Waals surface area contributed by atoms with Gasteiger partial charge in [-0.05, 0) is 26.0 Å². The van der Waals surface area contributed by atoms with Gasteiger partial charge in [-0.25, -0.2) is 4.39 Å². The van der Waals surface area contributed by atoms with Gasteiger partial charge in [0.1, 0.15) is 11.9 Å². The van der Waals surface area contributed by atoms with Crippen LogP contribution in [0.15, 0.2) is 18.2 Å². The standard InChI is InChI=1S/C17H22FN3O4/c1-9(2)25-8-10-5-11(18)6-12(15(10)19)16(22)17-20-13(23-3)7-14(21-17)24-4/h5-7,9,16,22H,8,19H2,1-4H3. The Morgan fingerprint density at radius 1 is 1.12 bits per heavy atom. The van der Waals surface area contributed by atoms with E-state index in [0.29, 0.717) is 5.56 Å². The van der Waals surface area contributed by atoms with Crippen molar-refractivity contribution in [2.75, 3.05) is 20.0 Å². The summed E-state index contributed by atoms with van der Waals surface area (Å²) in [5, 5.41) is 10.6. The highest BCUT2D eigenvalue weighted by Gasteiger charge is 2.22. The Morgan fingerprint density at radius 3 is 2.24 bits per heavy atom. The third-order valence-electron chi connectivity index (χ3n) is 3.49. The average Bonchev–Trinajstić information content (AvgIpc) is 2.60. The number of aromatic nitrogens is 2. The van der Waals surface area contributed by atoms with Gasteiger partial charge in [0.2, 0.25) is 11.8 Å². The zero-order valence-electron chi connectivity index (χ0n) is 14.6. The number of rotatable bonds is 7. The number of nitrogen functional groups attached to an aromatic ring is 1. The number of halogens is 1. The van der Waals surface area contributed by atoms with Crippen LogP contribution >= 0.6 is 0 Å². The minimum atomic E-state index is -1.35. The van der Waals surface area contributed by atoms with Crippen LogP contribution in [0.2, 0.25) is 0 Å². The fraction of sp³-hybridized carbons (Fsp3) is 0.412. The highest BCUT2D eigenvalue weighted by atomic mass is 19.1. The molecule has 1 atom stereocenters. The average molecular weight is 351 g/mol. The predicted molar refractivity (Wildman–Crippen MR) is 89.9 cm³/mol. The third-order valence-corrected chi connectivity index (χ3v) is 3.49. The Kier molecular flexibility index (Phi) is 6.11. The number of methoxy groups -OCH3 is 2. The summed E-state index contributed by atoms with van der Waals surface area (Å²) >= 11 is 0. The quantitative estimate of drug-likeness (QED) is 0.738. The molecule has 0 aliphatic carbocycles. The second-order valence-corrected chi connectivity index (χ2v) is 5.64. The SMILES string of the molecule is COc1cc(OC)nc(C(O)c2cc(F)cc(COC(C)C)c2N)n1. The number of nitrogens with zero attached hydrogens (tertiary/aromatic N) is 2. The molecule has 1 aromatic heterocycles. The van der Waals surface area contributed by atoms with Crippen LogP contribution in [0.4, 0.5) is 10.1 Å². The van der Waals surface area contributed by atoms with E-state index in [1.165, 1.54) is 26.4 Å². The van der Waals surface area contributed by atoms with Crippen LogP contribution in [-0.4, -0.2) is 35.4 Å². The maximum absolute atomic E-state index is 14.0. The van der Waals surface area contributed by atoms with Crippen molar-refractivity contribution in [1.82, 2.24) is 9.97 Å². The molecule has 0 bridgehead atoms. The summed E-state index contributed by atoms with van der Waals surface area (Å²) in [6.45, 7) is 3.85. The van der Waals surface area contributed by atoms with Crippen LogP contribution in [-0.2, 0) is 11.3 Å². The lowest BCUT2D eigenvalue weighted by Crippen LogP contribution is -2.12. The largest absolute Gasteiger partial charge is 0.481 e. The van der Waals surface area contributed by atoms with Gasteiger partial charge in [0.15, 0.2) is 5.82 Å². The van der Waals surface area contributed by atoms with E-state index in [4.69, 9.17) is 19.9 Å². The molecule has 25 heavy (non-hydrogen) atoms. The maximum Gasteiger partial charge on any atom is 0.220 e. The minimum absolute atomic E-state index is 0.00997. The summed E-state index contributed by atoms with van der Waals surface area (Å²) in [5.74, 6) is -0.136. The number of benzene rings is 1. The predicted octanol–water partition coefficient (Wildman–Crippen LogP) is 2.22. The Balaban J connectivity index is 2.43. The first kappa shape index (κ1) is 18.9. The Hall–Kier alpha value is -2.45. The summed E-state index contributed by atoms with van der Waals surface area (Å²) in [4.78, 5) is 8.16. The van der Waals surface area contributed by atoms with Gasteiger partial charge in [-0.1, -0.05) is 0 Å². The third kappa shape index (κ3) is 4.55. The van der Waals surface area contributed by atoms with Crippen LogP contribution in [0.3, 0.4) is 0 Å². The molecular formula is C17H22FN3O4. The molecule has 0 aliphatic heterocycles. The fourth-order valence-electron chi connectivity index (χ4n) is 2.19. The van der Waals surface area contributed by atoms with Crippen molar-refractivity contribution in [2.24, 2.45) is 0 Å². The summed E-state index contributed by atoms with van der Waals surface area (Å²) in [7, 11) is 2.85. The molecule has 0 saturated heterocycles. The van der Waals surface area contributed by atoms with Crippen LogP contribution < -0.4 is 15.2 Å². The van der Waals surface area contributed by atoms with Crippen molar-refractivity contribution < 1.29 is 23.7 Å². The molecule has 0 amide bonds. The van der Waals surface area contributed by atoms with Crippen molar-refractivity contribution >= 4 is 5.69 Å². The molecule has 1 unspecified atom stereocenters. The summed E-state index contributed by atoms with van der Waals surface area (Å²) in [6, 6.07) is 3.89. The number of hydrogen-bond donors (Lipinski definition) is 2. The van der Waals surface area contributed by atoms with Gasteiger partial charge in [-0.15, -0.1) is 0 Å². The van der Waals surface area contributed by atoms with Gasteiger partial charge in [0, 0.05) is 16.8 Å². The Bertz CT molecular complexity index is 718. The van der Waals surface area contributed by atoms with Crippen molar-refractivity contribution in [3.8, 4) is 11.8 Å². The zero-order chi connectivity index (χ0) is 18.6. The molecule has 3 N–H and O–H groups in total. The topological polar surface area (TPSA) is 99.7 Å². The molecule has 0 aliphatic rings. The van der Waals surface area contributed by atoms with E-state index in [9.17, 15) is 9.50 Å². The van der Waals surface area contributed by atoms with Crippen molar-refractivity contribution in [1.29, 1.82) is 0 Å². The van der Waals surface area contributed by atoms with Gasteiger partial charge < -0.3 is 25.1 Å². The van der Waals surface area contributed by atoms with E-state index >= 15 is 0 Å². The zero-order valence-corrected chi connectivity index (χ0v) is 14.6. The van der Waals surface area contributed by atoms with E-state index in [1.54, 1.807) is 0 Å². The molecule has 0 spiro atoms.